The highest BCUT2D eigenvalue weighted by Gasteiger charge is 2.27. The summed E-state index contributed by atoms with van der Waals surface area (Å²) in [5, 5.41) is 1.05. The average Bonchev–Trinajstić information content (AvgIpc) is 2.78. The summed E-state index contributed by atoms with van der Waals surface area (Å²) in [6.45, 7) is 6.70. The molecule has 18 heavy (non-hydrogen) atoms. The Morgan fingerprint density at radius 3 is 3.00 bits per heavy atom. The number of thiazole rings is 1. The van der Waals surface area contributed by atoms with Gasteiger partial charge in [-0.1, -0.05) is 20.3 Å². The fourth-order valence-electron chi connectivity index (χ4n) is 2.51. The maximum absolute atomic E-state index is 11.1. The summed E-state index contributed by atoms with van der Waals surface area (Å²) in [6, 6.07) is 0.374. The summed E-state index contributed by atoms with van der Waals surface area (Å²) in [5.41, 5.74) is 5.29. The van der Waals surface area contributed by atoms with E-state index in [9.17, 15) is 4.79 Å². The van der Waals surface area contributed by atoms with Crippen LogP contribution in [0.2, 0.25) is 0 Å². The number of carbonyl (C=O) groups is 1. The van der Waals surface area contributed by atoms with Crippen molar-refractivity contribution in [1.29, 1.82) is 0 Å². The molecule has 1 aromatic heterocycles. The number of aromatic nitrogens is 1. The van der Waals surface area contributed by atoms with E-state index in [-0.39, 0.29) is 5.91 Å². The molecule has 1 aliphatic rings. The van der Waals surface area contributed by atoms with Gasteiger partial charge < -0.3 is 5.73 Å². The van der Waals surface area contributed by atoms with Gasteiger partial charge in [0, 0.05) is 6.54 Å². The lowest BCUT2D eigenvalue weighted by Gasteiger charge is -2.35. The largest absolute Gasteiger partial charge is 0.365 e. The quantitative estimate of drug-likeness (QED) is 0.911. The Bertz CT molecular complexity index is 416. The van der Waals surface area contributed by atoms with Gasteiger partial charge in [-0.25, -0.2) is 4.98 Å². The predicted molar refractivity (Wildman–Crippen MR) is 73.6 cm³/mol. The van der Waals surface area contributed by atoms with Crippen LogP contribution in [-0.4, -0.2) is 28.9 Å². The number of rotatable bonds is 4. The maximum Gasteiger partial charge on any atom is 0.260 e. The molecule has 0 aromatic carbocycles. The van der Waals surface area contributed by atoms with Crippen LogP contribution in [-0.2, 0) is 0 Å². The van der Waals surface area contributed by atoms with E-state index in [0.717, 1.165) is 24.5 Å². The lowest BCUT2D eigenvalue weighted by molar-refractivity contribution is 0.100. The summed E-state index contributed by atoms with van der Waals surface area (Å²) in [4.78, 5) is 18.6. The smallest absolute Gasteiger partial charge is 0.260 e. The van der Waals surface area contributed by atoms with Gasteiger partial charge in [-0.2, -0.15) is 0 Å². The fraction of sp³-hybridized carbons (Fsp3) is 0.692. The highest BCUT2D eigenvalue weighted by molar-refractivity contribution is 7.13. The van der Waals surface area contributed by atoms with Gasteiger partial charge in [0.15, 0.2) is 0 Å². The molecule has 1 atom stereocenters. The Hall–Kier alpha value is -0.940. The number of hydrogen-bond donors (Lipinski definition) is 1. The minimum atomic E-state index is -0.370. The van der Waals surface area contributed by atoms with Crippen molar-refractivity contribution in [3.63, 3.8) is 0 Å². The van der Waals surface area contributed by atoms with Crippen LogP contribution < -0.4 is 5.73 Å². The van der Waals surface area contributed by atoms with Crippen molar-refractivity contribution in [3.05, 3.63) is 16.1 Å². The SMILES string of the molecule is CC(C)CN1CCCCC1c1ncc(C(N)=O)s1. The monoisotopic (exact) mass is 267 g/mol. The van der Waals surface area contributed by atoms with Crippen LogP contribution in [0.15, 0.2) is 6.20 Å². The van der Waals surface area contributed by atoms with E-state index in [2.05, 4.69) is 23.7 Å². The molecule has 0 bridgehead atoms. The molecule has 1 saturated heterocycles. The molecule has 1 fully saturated rings. The summed E-state index contributed by atoms with van der Waals surface area (Å²) >= 11 is 1.45. The normalized spacial score (nSPS) is 21.4. The van der Waals surface area contributed by atoms with Gasteiger partial charge in [-0.05, 0) is 25.3 Å². The zero-order chi connectivity index (χ0) is 13.1. The molecule has 0 radical (unpaired) electrons. The number of nitrogens with two attached hydrogens (primary N) is 1. The number of amides is 1. The number of piperidine rings is 1. The van der Waals surface area contributed by atoms with Crippen LogP contribution in [0.5, 0.6) is 0 Å². The molecule has 4 nitrogen and oxygen atoms in total. The van der Waals surface area contributed by atoms with Gasteiger partial charge in [0.2, 0.25) is 0 Å². The summed E-state index contributed by atoms with van der Waals surface area (Å²) < 4.78 is 0. The second kappa shape index (κ2) is 5.80. The van der Waals surface area contributed by atoms with Crippen LogP contribution in [0.3, 0.4) is 0 Å². The molecule has 5 heteroatoms. The minimum Gasteiger partial charge on any atom is -0.365 e. The van der Waals surface area contributed by atoms with Crippen LogP contribution in [0.1, 0.15) is 53.8 Å². The van der Waals surface area contributed by atoms with E-state index in [1.807, 2.05) is 0 Å². The van der Waals surface area contributed by atoms with Crippen molar-refractivity contribution in [3.8, 4) is 0 Å². The molecule has 1 unspecified atom stereocenters. The zero-order valence-electron chi connectivity index (χ0n) is 11.1. The first-order valence-corrected chi connectivity index (χ1v) is 7.39. The number of likely N-dealkylation sites (tertiary alicyclic amines) is 1. The Morgan fingerprint density at radius 1 is 1.61 bits per heavy atom. The number of primary amides is 1. The first-order chi connectivity index (χ1) is 8.58. The molecule has 2 rings (SSSR count). The van der Waals surface area contributed by atoms with E-state index in [0.29, 0.717) is 16.8 Å². The van der Waals surface area contributed by atoms with E-state index in [1.165, 1.54) is 24.2 Å². The van der Waals surface area contributed by atoms with Crippen LogP contribution in [0, 0.1) is 5.92 Å². The summed E-state index contributed by atoms with van der Waals surface area (Å²) in [7, 11) is 0. The molecule has 1 aliphatic heterocycles. The van der Waals surface area contributed by atoms with Gasteiger partial charge in [-0.3, -0.25) is 9.69 Å². The first kappa shape index (κ1) is 13.5. The highest BCUT2D eigenvalue weighted by Crippen LogP contribution is 2.33. The van der Waals surface area contributed by atoms with E-state index < -0.39 is 0 Å². The second-order valence-electron chi connectivity index (χ2n) is 5.33. The van der Waals surface area contributed by atoms with Crippen molar-refractivity contribution < 1.29 is 4.79 Å². The predicted octanol–water partition coefficient (Wildman–Crippen LogP) is 2.43. The zero-order valence-corrected chi connectivity index (χ0v) is 11.9. The fourth-order valence-corrected chi connectivity index (χ4v) is 3.45. The molecule has 0 aliphatic carbocycles. The third kappa shape index (κ3) is 3.09. The maximum atomic E-state index is 11.1. The van der Waals surface area contributed by atoms with Crippen molar-refractivity contribution in [1.82, 2.24) is 9.88 Å². The topological polar surface area (TPSA) is 59.2 Å². The van der Waals surface area contributed by atoms with Gasteiger partial charge in [0.05, 0.1) is 12.2 Å². The van der Waals surface area contributed by atoms with E-state index >= 15 is 0 Å². The van der Waals surface area contributed by atoms with Gasteiger partial charge in [0.25, 0.3) is 5.91 Å². The molecule has 0 saturated carbocycles. The Morgan fingerprint density at radius 2 is 2.39 bits per heavy atom. The molecule has 1 aromatic rings. The molecular formula is C13H21N3OS. The molecular weight excluding hydrogens is 246 g/mol. The number of carbonyl (C=O) groups excluding carboxylic acids is 1. The molecule has 2 heterocycles. The summed E-state index contributed by atoms with van der Waals surface area (Å²) in [5.74, 6) is 0.283. The molecule has 0 spiro atoms. The lowest BCUT2D eigenvalue weighted by Crippen LogP contribution is -2.36. The number of nitrogens with zero attached hydrogens (tertiary/aromatic N) is 2. The third-order valence-electron chi connectivity index (χ3n) is 3.26. The van der Waals surface area contributed by atoms with Crippen molar-refractivity contribution in [2.45, 2.75) is 39.2 Å². The van der Waals surface area contributed by atoms with Crippen molar-refractivity contribution >= 4 is 17.2 Å². The van der Waals surface area contributed by atoms with Crippen molar-refractivity contribution in [2.24, 2.45) is 11.7 Å². The van der Waals surface area contributed by atoms with Crippen molar-refractivity contribution in [2.75, 3.05) is 13.1 Å². The van der Waals surface area contributed by atoms with Gasteiger partial charge in [0.1, 0.15) is 9.88 Å². The first-order valence-electron chi connectivity index (χ1n) is 6.57. The third-order valence-corrected chi connectivity index (χ3v) is 4.38. The van der Waals surface area contributed by atoms with Crippen LogP contribution in [0.25, 0.3) is 0 Å². The number of hydrogen-bond acceptors (Lipinski definition) is 4. The minimum absolute atomic E-state index is 0.370. The van der Waals surface area contributed by atoms with Gasteiger partial charge >= 0.3 is 0 Å². The van der Waals surface area contributed by atoms with E-state index in [4.69, 9.17) is 5.73 Å². The van der Waals surface area contributed by atoms with Crippen LogP contribution >= 0.6 is 11.3 Å². The average molecular weight is 267 g/mol. The molecule has 2 N–H and O–H groups in total. The Kier molecular flexibility index (Phi) is 4.35. The standard InChI is InChI=1S/C13H21N3OS/c1-9(2)8-16-6-4-3-5-10(16)13-15-7-11(18-13)12(14)17/h7,9-10H,3-6,8H2,1-2H3,(H2,14,17). The van der Waals surface area contributed by atoms with Gasteiger partial charge in [-0.15, -0.1) is 11.3 Å². The lowest BCUT2D eigenvalue weighted by atomic mass is 10.0. The Labute approximate surface area is 112 Å². The Balaban J connectivity index is 2.14. The van der Waals surface area contributed by atoms with E-state index in [1.54, 1.807) is 6.20 Å². The highest BCUT2D eigenvalue weighted by atomic mass is 32.1. The summed E-state index contributed by atoms with van der Waals surface area (Å²) in [6.07, 6.45) is 5.25. The molecule has 1 amide bonds. The van der Waals surface area contributed by atoms with Crippen LogP contribution in [0.4, 0.5) is 0 Å². The molecule has 100 valence electrons. The second-order valence-corrected chi connectivity index (χ2v) is 6.39.